The summed E-state index contributed by atoms with van der Waals surface area (Å²) in [6, 6.07) is 6.49. The second-order valence-electron chi connectivity index (χ2n) is 5.38. The maximum absolute atomic E-state index is 11.7. The van der Waals surface area contributed by atoms with Gasteiger partial charge in [0.05, 0.1) is 6.61 Å². The molecule has 0 aromatic heterocycles. The molecule has 1 aliphatic carbocycles. The van der Waals surface area contributed by atoms with Crippen LogP contribution in [-0.2, 0) is 16.0 Å². The summed E-state index contributed by atoms with van der Waals surface area (Å²) in [5.41, 5.74) is 2.53. The van der Waals surface area contributed by atoms with Crippen molar-refractivity contribution in [1.29, 1.82) is 0 Å². The van der Waals surface area contributed by atoms with Crippen LogP contribution in [0.4, 0.5) is 0 Å². The van der Waals surface area contributed by atoms with E-state index in [1.54, 1.807) is 13.8 Å². The summed E-state index contributed by atoms with van der Waals surface area (Å²) in [6.07, 6.45) is 2.63. The summed E-state index contributed by atoms with van der Waals surface area (Å²) in [5.74, 6) is 0.502. The summed E-state index contributed by atoms with van der Waals surface area (Å²) in [7, 11) is 0. The highest BCUT2D eigenvalue weighted by molar-refractivity contribution is 5.74. The number of carbonyl (C=O) groups is 1. The van der Waals surface area contributed by atoms with Crippen LogP contribution in [0.2, 0.25) is 0 Å². The Bertz CT molecular complexity index is 487. The van der Waals surface area contributed by atoms with Crippen LogP contribution < -0.4 is 10.1 Å². The average Bonchev–Trinajstić information content (AvgIpc) is 2.89. The van der Waals surface area contributed by atoms with Crippen molar-refractivity contribution in [3.05, 3.63) is 29.3 Å². The van der Waals surface area contributed by atoms with Gasteiger partial charge >= 0.3 is 5.97 Å². The Morgan fingerprint density at radius 2 is 2.24 bits per heavy atom. The Kier molecular flexibility index (Phi) is 5.62. The highest BCUT2D eigenvalue weighted by atomic mass is 16.6. The standard InChI is InChI=1S/C17H25NO3/c1-4-11-18-15-10-9-14-13(15)7-6-8-16(14)21-12(3)17(19)20-5-2/h6-8,12,15,18H,4-5,9-11H2,1-3H3. The minimum atomic E-state index is -0.570. The Labute approximate surface area is 126 Å². The molecule has 2 atom stereocenters. The maximum atomic E-state index is 11.7. The molecule has 4 heteroatoms. The largest absolute Gasteiger partial charge is 0.479 e. The predicted octanol–water partition coefficient (Wildman–Crippen LogP) is 3.00. The van der Waals surface area contributed by atoms with Gasteiger partial charge in [0.1, 0.15) is 5.75 Å². The van der Waals surface area contributed by atoms with E-state index in [2.05, 4.69) is 18.3 Å². The number of nitrogens with one attached hydrogen (secondary N) is 1. The third kappa shape index (κ3) is 3.76. The van der Waals surface area contributed by atoms with Crippen molar-refractivity contribution < 1.29 is 14.3 Å². The fraction of sp³-hybridized carbons (Fsp3) is 0.588. The quantitative estimate of drug-likeness (QED) is 0.785. The first-order valence-corrected chi connectivity index (χ1v) is 7.85. The lowest BCUT2D eigenvalue weighted by Crippen LogP contribution is -2.26. The minimum Gasteiger partial charge on any atom is -0.479 e. The van der Waals surface area contributed by atoms with Gasteiger partial charge in [0.15, 0.2) is 6.10 Å². The minimum absolute atomic E-state index is 0.311. The molecule has 0 bridgehead atoms. The van der Waals surface area contributed by atoms with Crippen LogP contribution in [0.3, 0.4) is 0 Å². The number of esters is 1. The van der Waals surface area contributed by atoms with Crippen LogP contribution in [0.25, 0.3) is 0 Å². The van der Waals surface area contributed by atoms with E-state index in [9.17, 15) is 4.79 Å². The Morgan fingerprint density at radius 3 is 2.95 bits per heavy atom. The molecular weight excluding hydrogens is 266 g/mol. The number of benzene rings is 1. The van der Waals surface area contributed by atoms with E-state index in [1.807, 2.05) is 12.1 Å². The highest BCUT2D eigenvalue weighted by Crippen LogP contribution is 2.37. The number of ether oxygens (including phenoxy) is 2. The SMILES string of the molecule is CCCNC1CCc2c(OC(C)C(=O)OCC)cccc21. The Balaban J connectivity index is 2.09. The van der Waals surface area contributed by atoms with Gasteiger partial charge in [0.2, 0.25) is 0 Å². The van der Waals surface area contributed by atoms with E-state index in [0.29, 0.717) is 12.6 Å². The number of fused-ring (bicyclic) bond motifs is 1. The summed E-state index contributed by atoms with van der Waals surface area (Å²) in [4.78, 5) is 11.7. The normalized spacial score (nSPS) is 18.1. The molecule has 1 aliphatic rings. The van der Waals surface area contributed by atoms with Crippen molar-refractivity contribution >= 4 is 5.97 Å². The van der Waals surface area contributed by atoms with Crippen LogP contribution in [0, 0.1) is 0 Å². The lowest BCUT2D eigenvalue weighted by atomic mass is 10.1. The van der Waals surface area contributed by atoms with Gasteiger partial charge < -0.3 is 14.8 Å². The number of carbonyl (C=O) groups excluding carboxylic acids is 1. The fourth-order valence-electron chi connectivity index (χ4n) is 2.76. The summed E-state index contributed by atoms with van der Waals surface area (Å²) < 4.78 is 10.8. The van der Waals surface area contributed by atoms with Crippen molar-refractivity contribution in [2.24, 2.45) is 0 Å². The molecule has 1 N–H and O–H groups in total. The molecule has 4 nitrogen and oxygen atoms in total. The third-order valence-corrected chi connectivity index (χ3v) is 3.79. The molecule has 2 rings (SSSR count). The smallest absolute Gasteiger partial charge is 0.347 e. The molecule has 0 spiro atoms. The van der Waals surface area contributed by atoms with Crippen LogP contribution in [0.1, 0.15) is 50.8 Å². The predicted molar refractivity (Wildman–Crippen MR) is 82.5 cm³/mol. The molecule has 0 fully saturated rings. The van der Waals surface area contributed by atoms with E-state index in [0.717, 1.165) is 31.6 Å². The van der Waals surface area contributed by atoms with Gasteiger partial charge in [0, 0.05) is 6.04 Å². The van der Waals surface area contributed by atoms with Crippen LogP contribution >= 0.6 is 0 Å². The van der Waals surface area contributed by atoms with Gasteiger partial charge in [0.25, 0.3) is 0 Å². The third-order valence-electron chi connectivity index (χ3n) is 3.79. The molecule has 0 saturated heterocycles. The van der Waals surface area contributed by atoms with Crippen molar-refractivity contribution in [3.63, 3.8) is 0 Å². The molecule has 2 unspecified atom stereocenters. The molecule has 116 valence electrons. The zero-order chi connectivity index (χ0) is 15.2. The lowest BCUT2D eigenvalue weighted by molar-refractivity contribution is -0.150. The molecule has 0 aliphatic heterocycles. The summed E-state index contributed by atoms with van der Waals surface area (Å²) >= 11 is 0. The van der Waals surface area contributed by atoms with Gasteiger partial charge in [-0.15, -0.1) is 0 Å². The average molecular weight is 291 g/mol. The van der Waals surface area contributed by atoms with Crippen LogP contribution in [-0.4, -0.2) is 25.2 Å². The summed E-state index contributed by atoms with van der Waals surface area (Å²) in [6.45, 7) is 7.11. The first-order chi connectivity index (χ1) is 10.2. The molecule has 1 aromatic rings. The first-order valence-electron chi connectivity index (χ1n) is 7.85. The molecule has 1 aromatic carbocycles. The van der Waals surface area contributed by atoms with E-state index in [1.165, 1.54) is 11.1 Å². The number of hydrogen-bond donors (Lipinski definition) is 1. The zero-order valence-corrected chi connectivity index (χ0v) is 13.1. The molecular formula is C17H25NO3. The van der Waals surface area contributed by atoms with E-state index < -0.39 is 6.10 Å². The van der Waals surface area contributed by atoms with Crippen molar-refractivity contribution in [2.75, 3.05) is 13.2 Å². The fourth-order valence-corrected chi connectivity index (χ4v) is 2.76. The van der Waals surface area contributed by atoms with Crippen molar-refractivity contribution in [2.45, 2.75) is 52.2 Å². The second kappa shape index (κ2) is 7.46. The van der Waals surface area contributed by atoms with Crippen LogP contribution in [0.15, 0.2) is 18.2 Å². The lowest BCUT2D eigenvalue weighted by Gasteiger charge is -2.17. The monoisotopic (exact) mass is 291 g/mol. The highest BCUT2D eigenvalue weighted by Gasteiger charge is 2.26. The summed E-state index contributed by atoms with van der Waals surface area (Å²) in [5, 5.41) is 3.56. The Hall–Kier alpha value is -1.55. The molecule has 0 radical (unpaired) electrons. The first kappa shape index (κ1) is 15.8. The Morgan fingerprint density at radius 1 is 1.43 bits per heavy atom. The molecule has 0 amide bonds. The molecule has 21 heavy (non-hydrogen) atoms. The number of rotatable bonds is 7. The van der Waals surface area contributed by atoms with Gasteiger partial charge in [-0.2, -0.15) is 0 Å². The van der Waals surface area contributed by atoms with E-state index in [-0.39, 0.29) is 5.97 Å². The second-order valence-corrected chi connectivity index (χ2v) is 5.38. The van der Waals surface area contributed by atoms with Crippen molar-refractivity contribution in [3.8, 4) is 5.75 Å². The van der Waals surface area contributed by atoms with Gasteiger partial charge in [-0.05, 0) is 56.8 Å². The topological polar surface area (TPSA) is 47.6 Å². The van der Waals surface area contributed by atoms with Gasteiger partial charge in [-0.25, -0.2) is 4.79 Å². The molecule has 0 saturated carbocycles. The van der Waals surface area contributed by atoms with Gasteiger partial charge in [-0.3, -0.25) is 0 Å². The molecule has 0 heterocycles. The zero-order valence-electron chi connectivity index (χ0n) is 13.1. The van der Waals surface area contributed by atoms with Crippen LogP contribution in [0.5, 0.6) is 5.75 Å². The number of hydrogen-bond acceptors (Lipinski definition) is 4. The van der Waals surface area contributed by atoms with E-state index >= 15 is 0 Å². The van der Waals surface area contributed by atoms with E-state index in [4.69, 9.17) is 9.47 Å². The van der Waals surface area contributed by atoms with Crippen molar-refractivity contribution in [1.82, 2.24) is 5.32 Å². The maximum Gasteiger partial charge on any atom is 0.347 e. The van der Waals surface area contributed by atoms with Gasteiger partial charge in [-0.1, -0.05) is 19.1 Å².